The largest absolute Gasteiger partial charge is 0.726 e. The Balaban J connectivity index is 0. The average molecular weight is 314 g/mol. The van der Waals surface area contributed by atoms with Crippen molar-refractivity contribution in [2.75, 3.05) is 32.9 Å². The molecule has 0 aliphatic rings. The van der Waals surface area contributed by atoms with Gasteiger partial charge in [0.2, 0.25) is 10.4 Å². The molecule has 8 heteroatoms. The number of aliphatic hydroxyl groups excluding tert-OH is 2. The van der Waals surface area contributed by atoms with Crippen LogP contribution in [0.1, 0.15) is 45.4 Å². The lowest BCUT2D eigenvalue weighted by molar-refractivity contribution is 0.255. The quantitative estimate of drug-likeness (QED) is 0.271. The highest BCUT2D eigenvalue weighted by Gasteiger charge is 1.94. The monoisotopic (exact) mass is 314 g/mol. The Bertz CT molecular complexity index is 267. The number of unbranched alkanes of at least 4 members (excludes halogenated alkanes) is 5. The summed E-state index contributed by atoms with van der Waals surface area (Å²) in [7, 11) is -4.47. The van der Waals surface area contributed by atoms with Crippen molar-refractivity contribution in [2.24, 2.45) is 0 Å². The molecular formula is C12H28NO6S-. The van der Waals surface area contributed by atoms with E-state index in [9.17, 15) is 13.0 Å². The molecule has 0 aliphatic carbocycles. The molecule has 0 saturated heterocycles. The van der Waals surface area contributed by atoms with Gasteiger partial charge in [-0.1, -0.05) is 39.0 Å². The predicted molar refractivity (Wildman–Crippen MR) is 76.1 cm³/mol. The van der Waals surface area contributed by atoms with Crippen molar-refractivity contribution >= 4 is 10.4 Å². The molecule has 0 aromatic carbocycles. The lowest BCUT2D eigenvalue weighted by Gasteiger charge is -2.06. The highest BCUT2D eigenvalue weighted by molar-refractivity contribution is 7.80. The molecule has 7 nitrogen and oxygen atoms in total. The molecule has 0 aromatic rings. The van der Waals surface area contributed by atoms with E-state index in [1.807, 2.05) is 0 Å². The SMILES string of the molecule is CCCCCCCCOS(=O)(=O)[O-].OCCNCCO. The van der Waals surface area contributed by atoms with E-state index in [1.165, 1.54) is 19.3 Å². The van der Waals surface area contributed by atoms with Gasteiger partial charge in [-0.15, -0.1) is 0 Å². The number of hydrogen-bond acceptors (Lipinski definition) is 7. The van der Waals surface area contributed by atoms with Gasteiger partial charge in [0.05, 0.1) is 19.8 Å². The van der Waals surface area contributed by atoms with Crippen molar-refractivity contribution in [3.05, 3.63) is 0 Å². The second-order valence-corrected chi connectivity index (χ2v) is 5.25. The van der Waals surface area contributed by atoms with Crippen LogP contribution in [0.4, 0.5) is 0 Å². The molecule has 0 aromatic heterocycles. The third kappa shape index (κ3) is 26.3. The number of hydrogen-bond donors (Lipinski definition) is 3. The highest BCUT2D eigenvalue weighted by atomic mass is 32.3. The molecule has 0 heterocycles. The van der Waals surface area contributed by atoms with Gasteiger partial charge in [-0.05, 0) is 6.42 Å². The molecule has 0 unspecified atom stereocenters. The predicted octanol–water partition coefficient (Wildman–Crippen LogP) is 0.384. The summed E-state index contributed by atoms with van der Waals surface area (Å²) in [5, 5.41) is 19.1. The Morgan fingerprint density at radius 2 is 1.50 bits per heavy atom. The normalized spacial score (nSPS) is 11.0. The van der Waals surface area contributed by atoms with Crippen molar-refractivity contribution in [1.82, 2.24) is 5.32 Å². The maximum Gasteiger partial charge on any atom is 0.217 e. The van der Waals surface area contributed by atoms with Crippen LogP contribution in [0, 0.1) is 0 Å². The molecule has 124 valence electrons. The van der Waals surface area contributed by atoms with Gasteiger partial charge in [0.1, 0.15) is 0 Å². The van der Waals surface area contributed by atoms with Crippen molar-refractivity contribution in [2.45, 2.75) is 45.4 Å². The maximum absolute atomic E-state index is 9.99. The van der Waals surface area contributed by atoms with E-state index in [2.05, 4.69) is 16.4 Å². The molecule has 0 radical (unpaired) electrons. The molecule has 0 aliphatic heterocycles. The van der Waals surface area contributed by atoms with Crippen LogP contribution in [0.15, 0.2) is 0 Å². The molecule has 0 fully saturated rings. The Kier molecular flexibility index (Phi) is 18.5. The highest BCUT2D eigenvalue weighted by Crippen LogP contribution is 2.05. The molecule has 0 saturated carbocycles. The summed E-state index contributed by atoms with van der Waals surface area (Å²) in [6.45, 7) is 3.58. The molecule has 20 heavy (non-hydrogen) atoms. The molecule has 0 amide bonds. The first-order valence-corrected chi connectivity index (χ1v) is 8.34. The van der Waals surface area contributed by atoms with E-state index in [0.717, 1.165) is 12.8 Å². The zero-order valence-electron chi connectivity index (χ0n) is 12.2. The smallest absolute Gasteiger partial charge is 0.217 e. The van der Waals surface area contributed by atoms with E-state index >= 15 is 0 Å². The summed E-state index contributed by atoms with van der Waals surface area (Å²) in [5.41, 5.74) is 0. The standard InChI is InChI=1S/C8H18O4S.C4H11NO2/c1-2-3-4-5-6-7-8-12-13(9,10)11;6-3-1-5-2-4-7/h2-8H2,1H3,(H,9,10,11);5-7H,1-4H2/p-1. The topological polar surface area (TPSA) is 119 Å². The molecule has 0 spiro atoms. The fourth-order valence-electron chi connectivity index (χ4n) is 1.33. The summed E-state index contributed by atoms with van der Waals surface area (Å²) in [6.07, 6.45) is 6.21. The summed E-state index contributed by atoms with van der Waals surface area (Å²) in [5.74, 6) is 0. The molecular weight excluding hydrogens is 286 g/mol. The number of nitrogens with one attached hydrogen (secondary N) is 1. The minimum absolute atomic E-state index is 0.0258. The van der Waals surface area contributed by atoms with Crippen molar-refractivity contribution in [3.63, 3.8) is 0 Å². The summed E-state index contributed by atoms with van der Waals surface area (Å²) in [4.78, 5) is 0. The van der Waals surface area contributed by atoms with E-state index in [-0.39, 0.29) is 19.8 Å². The molecule has 0 bridgehead atoms. The van der Waals surface area contributed by atoms with Crippen molar-refractivity contribution in [1.29, 1.82) is 0 Å². The first-order chi connectivity index (χ1) is 9.47. The lowest BCUT2D eigenvalue weighted by Crippen LogP contribution is -2.21. The Morgan fingerprint density at radius 3 is 1.95 bits per heavy atom. The van der Waals surface area contributed by atoms with E-state index in [1.54, 1.807) is 0 Å². The van der Waals surface area contributed by atoms with Gasteiger partial charge in [-0.3, -0.25) is 4.18 Å². The van der Waals surface area contributed by atoms with Crippen molar-refractivity contribution < 1.29 is 27.4 Å². The minimum Gasteiger partial charge on any atom is -0.726 e. The lowest BCUT2D eigenvalue weighted by atomic mass is 10.1. The van der Waals surface area contributed by atoms with Gasteiger partial charge < -0.3 is 20.1 Å². The Morgan fingerprint density at radius 1 is 1.00 bits per heavy atom. The first kappa shape index (κ1) is 22.0. The van der Waals surface area contributed by atoms with Crippen LogP contribution in [0.2, 0.25) is 0 Å². The van der Waals surface area contributed by atoms with Gasteiger partial charge in [0.25, 0.3) is 0 Å². The van der Waals surface area contributed by atoms with Crippen LogP contribution >= 0.6 is 0 Å². The van der Waals surface area contributed by atoms with E-state index < -0.39 is 10.4 Å². The minimum atomic E-state index is -4.47. The second-order valence-electron chi connectivity index (χ2n) is 4.20. The third-order valence-corrected chi connectivity index (χ3v) is 2.76. The Hall–Kier alpha value is -0.250. The van der Waals surface area contributed by atoms with Crippen molar-refractivity contribution in [3.8, 4) is 0 Å². The summed E-state index contributed by atoms with van der Waals surface area (Å²) in [6, 6.07) is 0. The zero-order valence-corrected chi connectivity index (χ0v) is 13.0. The third-order valence-electron chi connectivity index (χ3n) is 2.30. The summed E-state index contributed by atoms with van der Waals surface area (Å²) >= 11 is 0. The fourth-order valence-corrected chi connectivity index (χ4v) is 1.65. The van der Waals surface area contributed by atoms with Crippen LogP contribution < -0.4 is 5.32 Å². The second kappa shape index (κ2) is 16.8. The summed E-state index contributed by atoms with van der Waals surface area (Å²) < 4.78 is 34.0. The zero-order chi connectivity index (χ0) is 15.7. The van der Waals surface area contributed by atoms with Gasteiger partial charge in [0.15, 0.2) is 0 Å². The van der Waals surface area contributed by atoms with Crippen LogP contribution in [-0.4, -0.2) is 56.1 Å². The number of aliphatic hydroxyl groups is 2. The van der Waals surface area contributed by atoms with Crippen LogP contribution in [0.3, 0.4) is 0 Å². The van der Waals surface area contributed by atoms with E-state index in [0.29, 0.717) is 19.5 Å². The van der Waals surface area contributed by atoms with Gasteiger partial charge in [-0.2, -0.15) is 0 Å². The fraction of sp³-hybridized carbons (Fsp3) is 1.00. The maximum atomic E-state index is 9.99. The van der Waals surface area contributed by atoms with Crippen LogP contribution in [0.5, 0.6) is 0 Å². The number of rotatable bonds is 12. The Labute approximate surface area is 122 Å². The first-order valence-electron chi connectivity index (χ1n) is 7.00. The van der Waals surface area contributed by atoms with Crippen LogP contribution in [-0.2, 0) is 14.6 Å². The molecule has 0 atom stereocenters. The van der Waals surface area contributed by atoms with Gasteiger partial charge >= 0.3 is 0 Å². The average Bonchev–Trinajstić information content (AvgIpc) is 2.38. The molecule has 3 N–H and O–H groups in total. The van der Waals surface area contributed by atoms with Crippen LogP contribution in [0.25, 0.3) is 0 Å². The van der Waals surface area contributed by atoms with Gasteiger partial charge in [-0.25, -0.2) is 8.42 Å². The van der Waals surface area contributed by atoms with E-state index in [4.69, 9.17) is 10.2 Å². The molecule has 0 rings (SSSR count). The van der Waals surface area contributed by atoms with Gasteiger partial charge in [0, 0.05) is 13.1 Å².